The number of aromatic carboxylic acids is 1. The summed E-state index contributed by atoms with van der Waals surface area (Å²) in [5.74, 6) is -1.63. The Morgan fingerprint density at radius 3 is 2.41 bits per heavy atom. The molecule has 1 rings (SSSR count). The summed E-state index contributed by atoms with van der Waals surface area (Å²) < 4.78 is 0. The number of hydrogen-bond donors (Lipinski definition) is 3. The Labute approximate surface area is 99.1 Å². The van der Waals surface area contributed by atoms with Crippen LogP contribution in [0.3, 0.4) is 0 Å². The lowest BCUT2D eigenvalue weighted by molar-refractivity contribution is 0.0690. The summed E-state index contributed by atoms with van der Waals surface area (Å²) in [7, 11) is 0. The third kappa shape index (κ3) is 3.57. The highest BCUT2D eigenvalue weighted by molar-refractivity contribution is 6.04. The number of carboxylic acid groups (broad SMARTS) is 1. The highest BCUT2D eigenvalue weighted by Gasteiger charge is 2.15. The summed E-state index contributed by atoms with van der Waals surface area (Å²) in [6.45, 7) is 2.06. The van der Waals surface area contributed by atoms with Gasteiger partial charge in [-0.1, -0.05) is 19.1 Å². The first-order valence-corrected chi connectivity index (χ1v) is 5.27. The maximum Gasteiger partial charge on any atom is 0.336 e. The molecule has 0 aromatic heterocycles. The summed E-state index contributed by atoms with van der Waals surface area (Å²) in [5.41, 5.74) is 0.104. The van der Waals surface area contributed by atoms with Gasteiger partial charge in [0.05, 0.1) is 11.1 Å². The molecule has 0 aliphatic carbocycles. The molecule has 1 aromatic rings. The number of hydrogen-bond acceptors (Lipinski definition) is 3. The molecule has 0 saturated carbocycles. The van der Waals surface area contributed by atoms with E-state index in [1.165, 1.54) is 12.1 Å². The molecule has 0 heterocycles. The largest absolute Gasteiger partial charge is 0.478 e. The van der Waals surface area contributed by atoms with Crippen molar-refractivity contribution in [2.24, 2.45) is 5.92 Å². The van der Waals surface area contributed by atoms with Gasteiger partial charge in [-0.3, -0.25) is 4.79 Å². The number of nitrogens with one attached hydrogen (secondary N) is 1. The van der Waals surface area contributed by atoms with Crippen LogP contribution in [0.15, 0.2) is 24.3 Å². The second-order valence-electron chi connectivity index (χ2n) is 3.85. The minimum Gasteiger partial charge on any atom is -0.478 e. The van der Waals surface area contributed by atoms with Crippen molar-refractivity contribution in [3.05, 3.63) is 35.4 Å². The molecule has 5 nitrogen and oxygen atoms in total. The van der Waals surface area contributed by atoms with Gasteiger partial charge in [0.1, 0.15) is 0 Å². The fourth-order valence-corrected chi connectivity index (χ4v) is 1.29. The topological polar surface area (TPSA) is 86.6 Å². The monoisotopic (exact) mass is 237 g/mol. The molecule has 0 saturated heterocycles. The van der Waals surface area contributed by atoms with Gasteiger partial charge >= 0.3 is 5.97 Å². The average molecular weight is 237 g/mol. The van der Waals surface area contributed by atoms with E-state index in [1.807, 2.05) is 0 Å². The predicted molar refractivity (Wildman–Crippen MR) is 62.0 cm³/mol. The van der Waals surface area contributed by atoms with E-state index in [1.54, 1.807) is 19.1 Å². The summed E-state index contributed by atoms with van der Waals surface area (Å²) in [5, 5.41) is 20.3. The molecule has 0 aliphatic rings. The number of aliphatic hydroxyl groups is 1. The van der Waals surface area contributed by atoms with Crippen molar-refractivity contribution in [3.63, 3.8) is 0 Å². The van der Waals surface area contributed by atoms with Gasteiger partial charge in [0.25, 0.3) is 5.91 Å². The zero-order valence-electron chi connectivity index (χ0n) is 9.51. The van der Waals surface area contributed by atoms with Gasteiger partial charge in [0.15, 0.2) is 0 Å². The van der Waals surface area contributed by atoms with E-state index in [0.29, 0.717) is 6.54 Å². The van der Waals surface area contributed by atoms with Crippen LogP contribution in [0.2, 0.25) is 0 Å². The first kappa shape index (κ1) is 13.2. The van der Waals surface area contributed by atoms with Crippen LogP contribution < -0.4 is 5.32 Å². The Bertz CT molecular complexity index is 417. The van der Waals surface area contributed by atoms with Crippen molar-refractivity contribution in [3.8, 4) is 0 Å². The smallest absolute Gasteiger partial charge is 0.336 e. The molecule has 1 aromatic carbocycles. The number of amides is 1. The maximum absolute atomic E-state index is 11.7. The Morgan fingerprint density at radius 2 is 1.88 bits per heavy atom. The van der Waals surface area contributed by atoms with E-state index < -0.39 is 11.9 Å². The highest BCUT2D eigenvalue weighted by Crippen LogP contribution is 2.08. The molecule has 0 radical (unpaired) electrons. The van der Waals surface area contributed by atoms with Crippen LogP contribution in [0, 0.1) is 5.92 Å². The molecule has 1 amide bonds. The van der Waals surface area contributed by atoms with Gasteiger partial charge < -0.3 is 15.5 Å². The van der Waals surface area contributed by atoms with Crippen molar-refractivity contribution in [2.75, 3.05) is 13.2 Å². The van der Waals surface area contributed by atoms with Crippen LogP contribution in [0.1, 0.15) is 27.6 Å². The molecule has 0 fully saturated rings. The van der Waals surface area contributed by atoms with Gasteiger partial charge in [-0.25, -0.2) is 4.79 Å². The zero-order valence-corrected chi connectivity index (χ0v) is 9.51. The minimum absolute atomic E-state index is 0.0262. The number of aliphatic hydroxyl groups excluding tert-OH is 1. The minimum atomic E-state index is -1.13. The van der Waals surface area contributed by atoms with E-state index in [-0.39, 0.29) is 23.7 Å². The Kier molecular flexibility index (Phi) is 4.66. The molecule has 0 aliphatic heterocycles. The third-order valence-corrected chi connectivity index (χ3v) is 2.32. The van der Waals surface area contributed by atoms with Crippen LogP contribution in [-0.4, -0.2) is 35.2 Å². The van der Waals surface area contributed by atoms with E-state index in [0.717, 1.165) is 0 Å². The summed E-state index contributed by atoms with van der Waals surface area (Å²) >= 11 is 0. The first-order valence-electron chi connectivity index (χ1n) is 5.27. The SMILES string of the molecule is CC(CO)CNC(=O)c1ccccc1C(=O)O. The van der Waals surface area contributed by atoms with Crippen molar-refractivity contribution in [2.45, 2.75) is 6.92 Å². The first-order chi connectivity index (χ1) is 8.06. The van der Waals surface area contributed by atoms with Crippen LogP contribution >= 0.6 is 0 Å². The summed E-state index contributed by atoms with van der Waals surface area (Å²) in [6.07, 6.45) is 0. The summed E-state index contributed by atoms with van der Waals surface area (Å²) in [4.78, 5) is 22.6. The van der Waals surface area contributed by atoms with Gasteiger partial charge in [-0.2, -0.15) is 0 Å². The molecular formula is C12H15NO4. The van der Waals surface area contributed by atoms with Crippen LogP contribution in [0.4, 0.5) is 0 Å². The Morgan fingerprint density at radius 1 is 1.29 bits per heavy atom. The van der Waals surface area contributed by atoms with Crippen molar-refractivity contribution in [1.29, 1.82) is 0 Å². The predicted octanol–water partition coefficient (Wildman–Crippen LogP) is 0.743. The average Bonchev–Trinajstić information content (AvgIpc) is 2.35. The third-order valence-electron chi connectivity index (χ3n) is 2.32. The second kappa shape index (κ2) is 6.00. The number of carbonyl (C=O) groups excluding carboxylic acids is 1. The van der Waals surface area contributed by atoms with E-state index >= 15 is 0 Å². The lowest BCUT2D eigenvalue weighted by Gasteiger charge is -2.10. The lowest BCUT2D eigenvalue weighted by Crippen LogP contribution is -2.30. The molecule has 92 valence electrons. The molecule has 1 atom stereocenters. The van der Waals surface area contributed by atoms with Gasteiger partial charge in [0, 0.05) is 13.2 Å². The fraction of sp³-hybridized carbons (Fsp3) is 0.333. The van der Waals surface area contributed by atoms with Crippen LogP contribution in [0.25, 0.3) is 0 Å². The molecule has 3 N–H and O–H groups in total. The number of rotatable bonds is 5. The number of carboxylic acids is 1. The number of carbonyl (C=O) groups is 2. The molecule has 5 heteroatoms. The zero-order chi connectivity index (χ0) is 12.8. The van der Waals surface area contributed by atoms with Crippen LogP contribution in [0.5, 0.6) is 0 Å². The molecule has 17 heavy (non-hydrogen) atoms. The van der Waals surface area contributed by atoms with Crippen molar-refractivity contribution >= 4 is 11.9 Å². The fourth-order valence-electron chi connectivity index (χ4n) is 1.29. The van der Waals surface area contributed by atoms with Gasteiger partial charge in [-0.15, -0.1) is 0 Å². The Hall–Kier alpha value is -1.88. The van der Waals surface area contributed by atoms with Gasteiger partial charge in [0.2, 0.25) is 0 Å². The maximum atomic E-state index is 11.7. The number of benzene rings is 1. The van der Waals surface area contributed by atoms with E-state index in [2.05, 4.69) is 5.32 Å². The van der Waals surface area contributed by atoms with Crippen LogP contribution in [-0.2, 0) is 0 Å². The van der Waals surface area contributed by atoms with Gasteiger partial charge in [-0.05, 0) is 18.1 Å². The van der Waals surface area contributed by atoms with E-state index in [4.69, 9.17) is 10.2 Å². The quantitative estimate of drug-likeness (QED) is 0.705. The molecule has 0 spiro atoms. The molecule has 1 unspecified atom stereocenters. The van der Waals surface area contributed by atoms with E-state index in [9.17, 15) is 9.59 Å². The highest BCUT2D eigenvalue weighted by atomic mass is 16.4. The summed E-state index contributed by atoms with van der Waals surface area (Å²) in [6, 6.07) is 6.02. The van der Waals surface area contributed by atoms with Crippen molar-refractivity contribution < 1.29 is 19.8 Å². The molecular weight excluding hydrogens is 222 g/mol. The lowest BCUT2D eigenvalue weighted by atomic mass is 10.1. The van der Waals surface area contributed by atoms with Crippen molar-refractivity contribution in [1.82, 2.24) is 5.32 Å². The standard InChI is InChI=1S/C12H15NO4/c1-8(7-14)6-13-11(15)9-4-2-3-5-10(9)12(16)17/h2-5,8,14H,6-7H2,1H3,(H,13,15)(H,16,17). The Balaban J connectivity index is 2.78. The molecule has 0 bridgehead atoms. The second-order valence-corrected chi connectivity index (χ2v) is 3.85. The normalized spacial score (nSPS) is 11.9.